The van der Waals surface area contributed by atoms with Crippen LogP contribution >= 0.6 is 22.7 Å². The molecule has 2 heterocycles. The van der Waals surface area contributed by atoms with Crippen LogP contribution in [0.5, 0.6) is 0 Å². The highest BCUT2D eigenvalue weighted by atomic mass is 32.1. The first-order valence-corrected chi connectivity index (χ1v) is 6.32. The fourth-order valence-corrected chi connectivity index (χ4v) is 2.86. The Morgan fingerprint density at radius 2 is 2.07 bits per heavy atom. The first-order chi connectivity index (χ1) is 7.42. The molecule has 0 bridgehead atoms. The average molecular weight is 232 g/mol. The number of nitrogens with zero attached hydrogens (tertiary/aromatic N) is 1. The van der Waals surface area contributed by atoms with E-state index in [1.54, 1.807) is 22.7 Å². The van der Waals surface area contributed by atoms with Crippen molar-refractivity contribution in [3.05, 3.63) is 41.1 Å². The molecule has 0 fully saturated rings. The third-order valence-electron chi connectivity index (χ3n) is 2.07. The summed E-state index contributed by atoms with van der Waals surface area (Å²) in [5.41, 5.74) is 2.17. The minimum atomic E-state index is 0.953. The van der Waals surface area contributed by atoms with Crippen LogP contribution in [0.2, 0.25) is 0 Å². The molecular weight excluding hydrogens is 224 g/mol. The summed E-state index contributed by atoms with van der Waals surface area (Å²) in [5, 5.41) is 8.37. The Morgan fingerprint density at radius 1 is 1.13 bits per heavy atom. The van der Waals surface area contributed by atoms with Gasteiger partial charge in [-0.1, -0.05) is 23.5 Å². The number of thiazole rings is 1. The van der Waals surface area contributed by atoms with Gasteiger partial charge in [0.25, 0.3) is 0 Å². The molecule has 2 aromatic heterocycles. The van der Waals surface area contributed by atoms with Crippen LogP contribution in [0.4, 0.5) is 10.8 Å². The summed E-state index contributed by atoms with van der Waals surface area (Å²) in [7, 11) is 0. The molecule has 0 aliphatic rings. The fourth-order valence-electron chi connectivity index (χ4n) is 1.38. The summed E-state index contributed by atoms with van der Waals surface area (Å²) in [6, 6.07) is 10.2. The average Bonchev–Trinajstić information content (AvgIpc) is 2.86. The molecule has 74 valence electrons. The number of para-hydroxylation sites is 1. The molecule has 0 unspecified atom stereocenters. The van der Waals surface area contributed by atoms with E-state index in [9.17, 15) is 0 Å². The molecule has 0 radical (unpaired) electrons. The quantitative estimate of drug-likeness (QED) is 0.719. The van der Waals surface area contributed by atoms with E-state index in [2.05, 4.69) is 33.2 Å². The van der Waals surface area contributed by atoms with E-state index in [1.807, 2.05) is 18.2 Å². The number of rotatable bonds is 2. The van der Waals surface area contributed by atoms with E-state index >= 15 is 0 Å². The van der Waals surface area contributed by atoms with Gasteiger partial charge in [0.15, 0.2) is 5.13 Å². The normalized spacial score (nSPS) is 10.7. The van der Waals surface area contributed by atoms with Crippen molar-refractivity contribution in [2.45, 2.75) is 0 Å². The van der Waals surface area contributed by atoms with Crippen molar-refractivity contribution < 1.29 is 0 Å². The summed E-state index contributed by atoms with van der Waals surface area (Å²) >= 11 is 3.36. The predicted molar refractivity (Wildman–Crippen MR) is 67.2 cm³/mol. The van der Waals surface area contributed by atoms with Gasteiger partial charge in [0, 0.05) is 5.38 Å². The largest absolute Gasteiger partial charge is 0.331 e. The van der Waals surface area contributed by atoms with Crippen molar-refractivity contribution in [1.29, 1.82) is 0 Å². The topological polar surface area (TPSA) is 24.9 Å². The number of benzene rings is 1. The molecule has 0 aliphatic carbocycles. The summed E-state index contributed by atoms with van der Waals surface area (Å²) in [5.74, 6) is 0. The van der Waals surface area contributed by atoms with E-state index in [0.29, 0.717) is 0 Å². The van der Waals surface area contributed by atoms with Gasteiger partial charge in [-0.25, -0.2) is 4.98 Å². The van der Waals surface area contributed by atoms with Crippen LogP contribution in [0, 0.1) is 0 Å². The molecule has 3 aromatic rings. The highest BCUT2D eigenvalue weighted by molar-refractivity contribution is 7.22. The molecule has 3 rings (SSSR count). The van der Waals surface area contributed by atoms with Crippen LogP contribution in [0.1, 0.15) is 0 Å². The van der Waals surface area contributed by atoms with Gasteiger partial charge in [0.1, 0.15) is 0 Å². The number of thiophene rings is 1. The maximum absolute atomic E-state index is 4.50. The molecule has 0 spiro atoms. The van der Waals surface area contributed by atoms with E-state index in [-0.39, 0.29) is 0 Å². The lowest BCUT2D eigenvalue weighted by Gasteiger charge is -1.95. The zero-order valence-electron chi connectivity index (χ0n) is 7.81. The first-order valence-electron chi connectivity index (χ1n) is 4.56. The number of aromatic nitrogens is 1. The van der Waals surface area contributed by atoms with E-state index in [0.717, 1.165) is 16.3 Å². The number of hydrogen-bond donors (Lipinski definition) is 1. The molecule has 2 nitrogen and oxygen atoms in total. The van der Waals surface area contributed by atoms with Crippen LogP contribution < -0.4 is 5.32 Å². The number of hydrogen-bond acceptors (Lipinski definition) is 4. The highest BCUT2D eigenvalue weighted by Gasteiger charge is 2.02. The third-order valence-corrected chi connectivity index (χ3v) is 3.70. The Morgan fingerprint density at radius 3 is 2.87 bits per heavy atom. The zero-order chi connectivity index (χ0) is 10.1. The van der Waals surface area contributed by atoms with E-state index in [4.69, 9.17) is 0 Å². The maximum atomic E-state index is 4.50. The first kappa shape index (κ1) is 8.88. The van der Waals surface area contributed by atoms with Gasteiger partial charge in [-0.3, -0.25) is 0 Å². The Bertz CT molecular complexity index is 536. The molecule has 0 saturated heterocycles. The van der Waals surface area contributed by atoms with Crippen LogP contribution in [-0.4, -0.2) is 4.98 Å². The van der Waals surface area contributed by atoms with Gasteiger partial charge < -0.3 is 5.32 Å². The standard InChI is InChI=1S/C11H8N2S2/c1-2-4-10-9(3-1)13-11(15-10)12-8-5-6-14-7-8/h1-7H,(H,12,13). The van der Waals surface area contributed by atoms with Gasteiger partial charge in [-0.2, -0.15) is 11.3 Å². The lowest BCUT2D eigenvalue weighted by atomic mass is 10.3. The molecule has 1 aromatic carbocycles. The number of fused-ring (bicyclic) bond motifs is 1. The second kappa shape index (κ2) is 3.64. The minimum Gasteiger partial charge on any atom is -0.331 e. The summed E-state index contributed by atoms with van der Waals surface area (Å²) < 4.78 is 1.22. The number of anilines is 2. The van der Waals surface area contributed by atoms with Gasteiger partial charge in [-0.05, 0) is 23.6 Å². The molecule has 1 N–H and O–H groups in total. The summed E-state index contributed by atoms with van der Waals surface area (Å²) in [6.07, 6.45) is 0. The van der Waals surface area contributed by atoms with E-state index in [1.165, 1.54) is 4.70 Å². The summed E-state index contributed by atoms with van der Waals surface area (Å²) in [4.78, 5) is 4.50. The van der Waals surface area contributed by atoms with Crippen LogP contribution in [0.3, 0.4) is 0 Å². The van der Waals surface area contributed by atoms with Crippen molar-refractivity contribution in [3.63, 3.8) is 0 Å². The molecule has 0 atom stereocenters. The van der Waals surface area contributed by atoms with Gasteiger partial charge >= 0.3 is 0 Å². The van der Waals surface area contributed by atoms with Crippen molar-refractivity contribution in [2.75, 3.05) is 5.32 Å². The Balaban J connectivity index is 1.98. The van der Waals surface area contributed by atoms with Crippen LogP contribution in [0.25, 0.3) is 10.2 Å². The second-order valence-corrected chi connectivity index (χ2v) is 4.93. The van der Waals surface area contributed by atoms with Crippen molar-refractivity contribution in [3.8, 4) is 0 Å². The minimum absolute atomic E-state index is 0.953. The number of nitrogens with one attached hydrogen (secondary N) is 1. The molecule has 15 heavy (non-hydrogen) atoms. The third kappa shape index (κ3) is 1.73. The molecular formula is C11H8N2S2. The highest BCUT2D eigenvalue weighted by Crippen LogP contribution is 2.28. The van der Waals surface area contributed by atoms with Crippen molar-refractivity contribution in [2.24, 2.45) is 0 Å². The van der Waals surface area contributed by atoms with Gasteiger partial charge in [-0.15, -0.1) is 0 Å². The molecule has 0 aliphatic heterocycles. The molecule has 0 amide bonds. The lowest BCUT2D eigenvalue weighted by Crippen LogP contribution is -1.85. The molecule has 0 saturated carbocycles. The van der Waals surface area contributed by atoms with Crippen molar-refractivity contribution in [1.82, 2.24) is 4.98 Å². The van der Waals surface area contributed by atoms with E-state index < -0.39 is 0 Å². The monoisotopic (exact) mass is 232 g/mol. The second-order valence-electron chi connectivity index (χ2n) is 3.12. The van der Waals surface area contributed by atoms with Crippen LogP contribution in [-0.2, 0) is 0 Å². The Labute approximate surface area is 95.2 Å². The smallest absolute Gasteiger partial charge is 0.188 e. The SMILES string of the molecule is c1ccc2sc(Nc3ccsc3)nc2c1. The Hall–Kier alpha value is -1.39. The molecule has 4 heteroatoms. The van der Waals surface area contributed by atoms with Crippen LogP contribution in [0.15, 0.2) is 41.1 Å². The van der Waals surface area contributed by atoms with Gasteiger partial charge in [0.05, 0.1) is 15.9 Å². The Kier molecular flexibility index (Phi) is 2.16. The van der Waals surface area contributed by atoms with Gasteiger partial charge in [0.2, 0.25) is 0 Å². The van der Waals surface area contributed by atoms with Crippen molar-refractivity contribution >= 4 is 43.7 Å². The zero-order valence-corrected chi connectivity index (χ0v) is 9.44. The fraction of sp³-hybridized carbons (Fsp3) is 0. The lowest BCUT2D eigenvalue weighted by molar-refractivity contribution is 1.45. The summed E-state index contributed by atoms with van der Waals surface area (Å²) in [6.45, 7) is 0. The maximum Gasteiger partial charge on any atom is 0.188 e. The predicted octanol–water partition coefficient (Wildman–Crippen LogP) is 4.10.